The van der Waals surface area contributed by atoms with Gasteiger partial charge in [0.05, 0.1) is 13.0 Å². The maximum absolute atomic E-state index is 13.3. The Morgan fingerprint density at radius 1 is 1.07 bits per heavy atom. The summed E-state index contributed by atoms with van der Waals surface area (Å²) in [6, 6.07) is 14.8. The number of carbonyl (C=O) groups is 2. The van der Waals surface area contributed by atoms with Gasteiger partial charge < -0.3 is 14.5 Å². The zero-order valence-corrected chi connectivity index (χ0v) is 17.0. The van der Waals surface area contributed by atoms with Crippen LogP contribution in [0.1, 0.15) is 49.0 Å². The van der Waals surface area contributed by atoms with Crippen molar-refractivity contribution in [2.45, 2.75) is 39.2 Å². The highest BCUT2D eigenvalue weighted by Gasteiger charge is 2.38. The molecular weight excluding hydrogens is 352 g/mol. The van der Waals surface area contributed by atoms with Gasteiger partial charge in [-0.15, -0.1) is 0 Å². The Morgan fingerprint density at radius 3 is 2.32 bits per heavy atom. The van der Waals surface area contributed by atoms with Crippen LogP contribution < -0.4 is 9.64 Å². The number of benzene rings is 2. The molecule has 2 aromatic rings. The van der Waals surface area contributed by atoms with E-state index in [1.165, 1.54) is 0 Å². The molecule has 0 saturated carbocycles. The number of para-hydroxylation sites is 1. The average Bonchev–Trinajstić information content (AvgIpc) is 2.73. The molecule has 1 aliphatic heterocycles. The topological polar surface area (TPSA) is 49.9 Å². The number of likely N-dealkylation sites (N-methyl/N-ethyl adjacent to an activating group) is 1. The number of carbonyl (C=O) groups excluding carboxylic acids is 2. The molecule has 3 rings (SSSR count). The Bertz CT molecular complexity index is 843. The van der Waals surface area contributed by atoms with Crippen molar-refractivity contribution in [2.24, 2.45) is 0 Å². The molecule has 2 amide bonds. The molecule has 28 heavy (non-hydrogen) atoms. The lowest BCUT2D eigenvalue weighted by molar-refractivity contribution is -0.132. The predicted octanol–water partition coefficient (Wildman–Crippen LogP) is 4.09. The summed E-state index contributed by atoms with van der Waals surface area (Å²) in [6.45, 7) is 7.39. The van der Waals surface area contributed by atoms with Gasteiger partial charge in [-0.1, -0.05) is 18.2 Å². The summed E-state index contributed by atoms with van der Waals surface area (Å²) in [5.41, 5.74) is 2.36. The molecule has 0 aromatic heterocycles. The normalized spacial score (nSPS) is 18.4. The van der Waals surface area contributed by atoms with Gasteiger partial charge in [0.1, 0.15) is 5.75 Å². The number of fused-ring (bicyclic) bond motifs is 1. The molecule has 0 saturated heterocycles. The Hall–Kier alpha value is -2.82. The summed E-state index contributed by atoms with van der Waals surface area (Å²) in [5, 5.41) is 0. The van der Waals surface area contributed by atoms with Gasteiger partial charge >= 0.3 is 0 Å². The third-order valence-corrected chi connectivity index (χ3v) is 5.52. The Kier molecular flexibility index (Phi) is 6.02. The first-order valence-electron chi connectivity index (χ1n) is 9.87. The van der Waals surface area contributed by atoms with Crippen LogP contribution in [0.4, 0.5) is 5.69 Å². The summed E-state index contributed by atoms with van der Waals surface area (Å²) in [7, 11) is 1.60. The Morgan fingerprint density at radius 2 is 1.71 bits per heavy atom. The van der Waals surface area contributed by atoms with Crippen molar-refractivity contribution >= 4 is 17.5 Å². The quantitative estimate of drug-likeness (QED) is 0.785. The smallest absolute Gasteiger partial charge is 0.258 e. The fourth-order valence-electron chi connectivity index (χ4n) is 3.98. The van der Waals surface area contributed by atoms with Crippen molar-refractivity contribution in [1.82, 2.24) is 4.90 Å². The minimum Gasteiger partial charge on any atom is -0.497 e. The molecule has 0 N–H and O–H groups in total. The molecule has 0 fully saturated rings. The number of amides is 2. The minimum atomic E-state index is -0.217. The molecule has 0 aliphatic carbocycles. The summed E-state index contributed by atoms with van der Waals surface area (Å²) in [6.07, 6.45) is 0.619. The van der Waals surface area contributed by atoms with Crippen LogP contribution in [-0.2, 0) is 4.79 Å². The third-order valence-electron chi connectivity index (χ3n) is 5.52. The van der Waals surface area contributed by atoms with Crippen molar-refractivity contribution in [3.05, 3.63) is 59.7 Å². The average molecular weight is 380 g/mol. The van der Waals surface area contributed by atoms with Crippen LogP contribution in [0.15, 0.2) is 48.5 Å². The molecule has 148 valence electrons. The number of hydrogen-bond donors (Lipinski definition) is 0. The number of methoxy groups -OCH3 is 1. The van der Waals surface area contributed by atoms with Crippen LogP contribution in [0, 0.1) is 0 Å². The summed E-state index contributed by atoms with van der Waals surface area (Å²) >= 11 is 0. The second kappa shape index (κ2) is 8.46. The molecule has 0 spiro atoms. The molecule has 0 bridgehead atoms. The fraction of sp³-hybridized carbons (Fsp3) is 0.391. The van der Waals surface area contributed by atoms with Crippen LogP contribution in [0.25, 0.3) is 0 Å². The van der Waals surface area contributed by atoms with Crippen LogP contribution >= 0.6 is 0 Å². The molecule has 2 atom stereocenters. The first-order valence-corrected chi connectivity index (χ1v) is 9.87. The Balaban J connectivity index is 1.98. The number of anilines is 1. The van der Waals surface area contributed by atoms with E-state index in [1.807, 2.05) is 54.8 Å². The van der Waals surface area contributed by atoms with Crippen molar-refractivity contribution in [3.63, 3.8) is 0 Å². The zero-order chi connectivity index (χ0) is 20.3. The lowest BCUT2D eigenvalue weighted by Crippen LogP contribution is -2.46. The number of ether oxygens (including phenoxy) is 1. The van der Waals surface area contributed by atoms with E-state index in [9.17, 15) is 9.59 Å². The molecule has 0 radical (unpaired) electrons. The fourth-order valence-corrected chi connectivity index (χ4v) is 3.98. The molecule has 5 heteroatoms. The first kappa shape index (κ1) is 19.9. The van der Waals surface area contributed by atoms with E-state index in [0.717, 1.165) is 11.3 Å². The van der Waals surface area contributed by atoms with Crippen molar-refractivity contribution in [2.75, 3.05) is 25.1 Å². The van der Waals surface area contributed by atoms with Gasteiger partial charge in [-0.3, -0.25) is 9.59 Å². The van der Waals surface area contributed by atoms with Crippen LogP contribution in [0.5, 0.6) is 5.75 Å². The van der Waals surface area contributed by atoms with E-state index in [2.05, 4.69) is 0 Å². The van der Waals surface area contributed by atoms with Gasteiger partial charge in [0, 0.05) is 30.4 Å². The molecule has 1 heterocycles. The molecular formula is C23H28N2O3. The molecule has 5 nitrogen and oxygen atoms in total. The molecule has 2 aromatic carbocycles. The van der Waals surface area contributed by atoms with Crippen molar-refractivity contribution in [3.8, 4) is 5.75 Å². The van der Waals surface area contributed by atoms with Gasteiger partial charge in [-0.05, 0) is 63.1 Å². The largest absolute Gasteiger partial charge is 0.497 e. The van der Waals surface area contributed by atoms with Gasteiger partial charge in [0.25, 0.3) is 5.91 Å². The van der Waals surface area contributed by atoms with E-state index in [-0.39, 0.29) is 23.8 Å². The number of nitrogens with zero attached hydrogens (tertiary/aromatic N) is 2. The van der Waals surface area contributed by atoms with Crippen molar-refractivity contribution < 1.29 is 14.3 Å². The highest BCUT2D eigenvalue weighted by atomic mass is 16.5. The van der Waals surface area contributed by atoms with Gasteiger partial charge in [0.2, 0.25) is 5.91 Å². The van der Waals surface area contributed by atoms with Gasteiger partial charge in [0.15, 0.2) is 0 Å². The predicted molar refractivity (Wildman–Crippen MR) is 111 cm³/mol. The van der Waals surface area contributed by atoms with E-state index in [1.54, 1.807) is 31.4 Å². The zero-order valence-electron chi connectivity index (χ0n) is 17.0. The molecule has 1 aliphatic rings. The maximum atomic E-state index is 13.3. The SMILES string of the molecule is CCN(CC)C(=O)[C@@H]1C[C@@H](C)N(C(=O)c2ccc(OC)cc2)c2ccccc21. The summed E-state index contributed by atoms with van der Waals surface area (Å²) < 4.78 is 5.19. The molecule has 0 unspecified atom stereocenters. The van der Waals surface area contributed by atoms with Crippen LogP contribution in [0.2, 0.25) is 0 Å². The van der Waals surface area contributed by atoms with E-state index < -0.39 is 0 Å². The highest BCUT2D eigenvalue weighted by molar-refractivity contribution is 6.08. The van der Waals surface area contributed by atoms with Crippen molar-refractivity contribution in [1.29, 1.82) is 0 Å². The van der Waals surface area contributed by atoms with Crippen LogP contribution in [-0.4, -0.2) is 43.0 Å². The number of rotatable bonds is 5. The summed E-state index contributed by atoms with van der Waals surface area (Å²) in [5.74, 6) is 0.580. The van der Waals surface area contributed by atoms with Crippen LogP contribution in [0.3, 0.4) is 0 Å². The first-order chi connectivity index (χ1) is 13.5. The second-order valence-corrected chi connectivity index (χ2v) is 7.11. The van der Waals surface area contributed by atoms with E-state index in [0.29, 0.717) is 30.8 Å². The van der Waals surface area contributed by atoms with E-state index in [4.69, 9.17) is 4.74 Å². The third kappa shape index (κ3) is 3.61. The van der Waals surface area contributed by atoms with Gasteiger partial charge in [-0.2, -0.15) is 0 Å². The van der Waals surface area contributed by atoms with E-state index >= 15 is 0 Å². The minimum absolute atomic E-state index is 0.0589. The summed E-state index contributed by atoms with van der Waals surface area (Å²) in [4.78, 5) is 30.1. The maximum Gasteiger partial charge on any atom is 0.258 e. The monoisotopic (exact) mass is 380 g/mol. The standard InChI is InChI=1S/C23H28N2O3/c1-5-24(6-2)23(27)20-15-16(3)25(21-10-8-7-9-19(20)21)22(26)17-11-13-18(28-4)14-12-17/h7-14,16,20H,5-6,15H2,1-4H3/t16-,20-/m1/s1. The number of hydrogen-bond acceptors (Lipinski definition) is 3. The lowest BCUT2D eigenvalue weighted by atomic mass is 9.84. The second-order valence-electron chi connectivity index (χ2n) is 7.11. The highest BCUT2D eigenvalue weighted by Crippen LogP contribution is 2.40. The van der Waals surface area contributed by atoms with Gasteiger partial charge in [-0.25, -0.2) is 0 Å². The Labute approximate surface area is 166 Å². The lowest BCUT2D eigenvalue weighted by Gasteiger charge is -2.40.